The van der Waals surface area contributed by atoms with E-state index < -0.39 is 5.60 Å². The summed E-state index contributed by atoms with van der Waals surface area (Å²) >= 11 is 0. The normalized spacial score (nSPS) is 33.4. The molecule has 150 valence electrons. The zero-order valence-electron chi connectivity index (χ0n) is 17.4. The van der Waals surface area contributed by atoms with Gasteiger partial charge in [-0.3, -0.25) is 4.90 Å². The van der Waals surface area contributed by atoms with Gasteiger partial charge in [-0.05, 0) is 73.1 Å². The minimum Gasteiger partial charge on any atom is -0.444 e. The Balaban J connectivity index is 1.58. The molecule has 3 unspecified atom stereocenters. The molecule has 3 heterocycles. The van der Waals surface area contributed by atoms with Gasteiger partial charge >= 0.3 is 6.09 Å². The summed E-state index contributed by atoms with van der Waals surface area (Å²) in [6.45, 7) is 13.2. The maximum atomic E-state index is 12.4. The van der Waals surface area contributed by atoms with Gasteiger partial charge in [-0.15, -0.1) is 0 Å². The van der Waals surface area contributed by atoms with Gasteiger partial charge in [0.15, 0.2) is 0 Å². The number of carbonyl (C=O) groups excluding carboxylic acids is 1. The number of likely N-dealkylation sites (tertiary alicyclic amines) is 2. The van der Waals surface area contributed by atoms with Gasteiger partial charge in [-0.25, -0.2) is 4.79 Å². The van der Waals surface area contributed by atoms with Crippen LogP contribution in [0.4, 0.5) is 4.79 Å². The van der Waals surface area contributed by atoms with E-state index in [1.807, 2.05) is 25.7 Å². The van der Waals surface area contributed by atoms with Gasteiger partial charge in [0, 0.05) is 44.2 Å². The Morgan fingerprint density at radius 2 is 1.96 bits per heavy atom. The number of carbonyl (C=O) groups is 1. The molecule has 3 aliphatic heterocycles. The third-order valence-corrected chi connectivity index (χ3v) is 6.22. The Kier molecular flexibility index (Phi) is 5.85. The second-order valence-corrected chi connectivity index (χ2v) is 9.95. The Morgan fingerprint density at radius 1 is 1.23 bits per heavy atom. The second kappa shape index (κ2) is 7.64. The zero-order chi connectivity index (χ0) is 18.9. The first-order valence-corrected chi connectivity index (χ1v) is 10.2. The molecule has 1 N–H and O–H groups in total. The van der Waals surface area contributed by atoms with Crippen molar-refractivity contribution in [3.05, 3.63) is 0 Å². The molecule has 0 aromatic carbocycles. The highest BCUT2D eigenvalue weighted by Crippen LogP contribution is 2.41. The van der Waals surface area contributed by atoms with Crippen LogP contribution in [0.1, 0.15) is 40.0 Å². The highest BCUT2D eigenvalue weighted by molar-refractivity contribution is 5.68. The number of piperidine rings is 1. The molecule has 0 saturated carbocycles. The molecule has 1 spiro atoms. The summed E-state index contributed by atoms with van der Waals surface area (Å²) in [5, 5.41) is 3.60. The molecule has 1 amide bonds. The van der Waals surface area contributed by atoms with E-state index in [1.165, 1.54) is 25.9 Å². The fourth-order valence-corrected chi connectivity index (χ4v) is 5.01. The summed E-state index contributed by atoms with van der Waals surface area (Å²) in [5.41, 5.74) is -0.140. The van der Waals surface area contributed by atoms with Crippen molar-refractivity contribution in [3.63, 3.8) is 0 Å². The molecule has 26 heavy (non-hydrogen) atoms. The summed E-state index contributed by atoms with van der Waals surface area (Å²) in [4.78, 5) is 19.4. The van der Waals surface area contributed by atoms with Crippen LogP contribution in [0.2, 0.25) is 0 Å². The minimum atomic E-state index is -0.415. The largest absolute Gasteiger partial charge is 0.444 e. The van der Waals surface area contributed by atoms with Gasteiger partial charge in [0.25, 0.3) is 0 Å². The van der Waals surface area contributed by atoms with Gasteiger partial charge in [-0.2, -0.15) is 0 Å². The lowest BCUT2D eigenvalue weighted by Crippen LogP contribution is -2.53. The number of ether oxygens (including phenoxy) is 1. The molecule has 3 atom stereocenters. The molecule has 3 aliphatic rings. The standard InChI is InChI=1S/C20H38N4O2/c1-19(2,3)26-18(25)24-11-8-20(15-24)7-10-23(14-20)17-12-21-9-6-16(17)13-22(4)5/h16-17,21H,6-15H2,1-5H3. The number of amides is 1. The molecular formula is C20H38N4O2. The van der Waals surface area contributed by atoms with Gasteiger partial charge < -0.3 is 19.9 Å². The van der Waals surface area contributed by atoms with Crippen LogP contribution in [0.3, 0.4) is 0 Å². The number of rotatable bonds is 3. The van der Waals surface area contributed by atoms with Crippen molar-refractivity contribution in [2.24, 2.45) is 11.3 Å². The fraction of sp³-hybridized carbons (Fsp3) is 0.950. The van der Waals surface area contributed by atoms with Crippen molar-refractivity contribution in [1.82, 2.24) is 20.0 Å². The van der Waals surface area contributed by atoms with Crippen molar-refractivity contribution in [2.75, 3.05) is 59.9 Å². The predicted molar refractivity (Wildman–Crippen MR) is 104 cm³/mol. The second-order valence-electron chi connectivity index (χ2n) is 9.95. The lowest BCUT2D eigenvalue weighted by atomic mass is 9.86. The third-order valence-electron chi connectivity index (χ3n) is 6.22. The summed E-state index contributed by atoms with van der Waals surface area (Å²) in [6, 6.07) is 0.626. The summed E-state index contributed by atoms with van der Waals surface area (Å²) in [5.74, 6) is 0.741. The van der Waals surface area contributed by atoms with Crippen molar-refractivity contribution >= 4 is 6.09 Å². The molecular weight excluding hydrogens is 328 g/mol. The molecule has 3 rings (SSSR count). The van der Waals surface area contributed by atoms with E-state index in [0.717, 1.165) is 45.1 Å². The number of nitrogens with one attached hydrogen (secondary N) is 1. The SMILES string of the molecule is CN(C)CC1CCNCC1N1CCC2(CCN(C(=O)OC(C)(C)C)C2)C1. The molecule has 0 bridgehead atoms. The van der Waals surface area contributed by atoms with Crippen LogP contribution in [0, 0.1) is 11.3 Å². The van der Waals surface area contributed by atoms with E-state index in [-0.39, 0.29) is 11.5 Å². The topological polar surface area (TPSA) is 48.0 Å². The smallest absolute Gasteiger partial charge is 0.410 e. The fourth-order valence-electron chi connectivity index (χ4n) is 5.01. The first-order valence-electron chi connectivity index (χ1n) is 10.2. The van der Waals surface area contributed by atoms with E-state index >= 15 is 0 Å². The average molecular weight is 367 g/mol. The van der Waals surface area contributed by atoms with E-state index in [2.05, 4.69) is 29.2 Å². The maximum absolute atomic E-state index is 12.4. The van der Waals surface area contributed by atoms with E-state index in [9.17, 15) is 4.79 Å². The van der Waals surface area contributed by atoms with Crippen molar-refractivity contribution in [2.45, 2.75) is 51.7 Å². The van der Waals surface area contributed by atoms with Gasteiger partial charge in [-0.1, -0.05) is 0 Å². The Morgan fingerprint density at radius 3 is 2.65 bits per heavy atom. The highest BCUT2D eigenvalue weighted by Gasteiger charge is 2.47. The quantitative estimate of drug-likeness (QED) is 0.826. The Bertz CT molecular complexity index is 505. The van der Waals surface area contributed by atoms with E-state index in [1.54, 1.807) is 0 Å². The first kappa shape index (κ1) is 19.9. The molecule has 0 radical (unpaired) electrons. The molecule has 3 fully saturated rings. The minimum absolute atomic E-state index is 0.141. The highest BCUT2D eigenvalue weighted by atomic mass is 16.6. The number of hydrogen-bond acceptors (Lipinski definition) is 5. The van der Waals surface area contributed by atoms with Gasteiger partial charge in [0.05, 0.1) is 0 Å². The van der Waals surface area contributed by atoms with Crippen LogP contribution >= 0.6 is 0 Å². The Labute approximate surface area is 159 Å². The van der Waals surface area contributed by atoms with Crippen molar-refractivity contribution in [1.29, 1.82) is 0 Å². The lowest BCUT2D eigenvalue weighted by Gasteiger charge is -2.40. The monoisotopic (exact) mass is 366 g/mol. The average Bonchev–Trinajstić information content (AvgIpc) is 3.13. The zero-order valence-corrected chi connectivity index (χ0v) is 17.4. The van der Waals surface area contributed by atoms with Crippen LogP contribution < -0.4 is 5.32 Å². The predicted octanol–water partition coefficient (Wildman–Crippen LogP) is 1.86. The van der Waals surface area contributed by atoms with Crippen LogP contribution in [0.5, 0.6) is 0 Å². The number of hydrogen-bond donors (Lipinski definition) is 1. The molecule has 0 aromatic rings. The number of nitrogens with zero attached hydrogens (tertiary/aromatic N) is 3. The third kappa shape index (κ3) is 4.70. The molecule has 6 heteroatoms. The van der Waals surface area contributed by atoms with Gasteiger partial charge in [0.2, 0.25) is 0 Å². The summed E-state index contributed by atoms with van der Waals surface area (Å²) < 4.78 is 5.59. The lowest BCUT2D eigenvalue weighted by molar-refractivity contribution is 0.0271. The summed E-state index contributed by atoms with van der Waals surface area (Å²) in [6.07, 6.45) is 3.44. The maximum Gasteiger partial charge on any atom is 0.410 e. The van der Waals surface area contributed by atoms with Crippen LogP contribution in [0.25, 0.3) is 0 Å². The van der Waals surface area contributed by atoms with Crippen LogP contribution in [-0.2, 0) is 4.74 Å². The summed E-state index contributed by atoms with van der Waals surface area (Å²) in [7, 11) is 4.36. The van der Waals surface area contributed by atoms with Gasteiger partial charge in [0.1, 0.15) is 5.60 Å². The molecule has 0 aliphatic carbocycles. The van der Waals surface area contributed by atoms with Crippen LogP contribution in [0.15, 0.2) is 0 Å². The van der Waals surface area contributed by atoms with Crippen LogP contribution in [-0.4, -0.2) is 92.3 Å². The Hall–Kier alpha value is -0.850. The molecule has 6 nitrogen and oxygen atoms in total. The van der Waals surface area contributed by atoms with E-state index in [0.29, 0.717) is 6.04 Å². The van der Waals surface area contributed by atoms with Crippen molar-refractivity contribution in [3.8, 4) is 0 Å². The first-order chi connectivity index (χ1) is 12.2. The van der Waals surface area contributed by atoms with E-state index in [4.69, 9.17) is 4.74 Å². The molecule has 3 saturated heterocycles. The molecule has 0 aromatic heterocycles. The van der Waals surface area contributed by atoms with Crippen molar-refractivity contribution < 1.29 is 9.53 Å².